The fraction of sp³-hybridized carbons (Fsp3) is 0.938. The third-order valence-electron chi connectivity index (χ3n) is 4.97. The van der Waals surface area contributed by atoms with Crippen LogP contribution in [0.4, 0.5) is 0 Å². The molecule has 0 bridgehead atoms. The largest absolute Gasteiger partial charge is 0.392 e. The molecule has 2 aliphatic rings. The van der Waals surface area contributed by atoms with Crippen LogP contribution in [0.25, 0.3) is 0 Å². The van der Waals surface area contributed by atoms with Crippen molar-refractivity contribution in [2.75, 3.05) is 26.2 Å². The van der Waals surface area contributed by atoms with Crippen LogP contribution < -0.4 is 5.32 Å². The van der Waals surface area contributed by atoms with Crippen molar-refractivity contribution >= 4 is 5.91 Å². The highest BCUT2D eigenvalue weighted by Crippen LogP contribution is 2.25. The third kappa shape index (κ3) is 5.06. The lowest BCUT2D eigenvalue weighted by Crippen LogP contribution is -2.47. The van der Waals surface area contributed by atoms with Gasteiger partial charge in [0.2, 0.25) is 5.91 Å². The Morgan fingerprint density at radius 3 is 2.70 bits per heavy atom. The van der Waals surface area contributed by atoms with E-state index in [4.69, 9.17) is 0 Å². The quantitative estimate of drug-likeness (QED) is 0.808. The van der Waals surface area contributed by atoms with Gasteiger partial charge in [0.1, 0.15) is 0 Å². The molecule has 1 heterocycles. The maximum absolute atomic E-state index is 11.9. The highest BCUT2D eigenvalue weighted by Gasteiger charge is 2.25. The summed E-state index contributed by atoms with van der Waals surface area (Å²) in [7, 11) is 0. The van der Waals surface area contributed by atoms with Crippen LogP contribution in [0.1, 0.15) is 51.9 Å². The first-order chi connectivity index (χ1) is 9.65. The summed E-state index contributed by atoms with van der Waals surface area (Å²) in [5.74, 6) is 1.30. The number of piperidine rings is 1. The fourth-order valence-electron chi connectivity index (χ4n) is 3.41. The van der Waals surface area contributed by atoms with Gasteiger partial charge in [-0.3, -0.25) is 9.69 Å². The summed E-state index contributed by atoms with van der Waals surface area (Å²) in [6.45, 7) is 4.89. The van der Waals surface area contributed by atoms with E-state index in [2.05, 4.69) is 17.1 Å². The Hall–Kier alpha value is -0.610. The number of carbonyl (C=O) groups is 1. The standard InChI is InChI=1S/C16H30N2O2/c1-13-8-10-18(11-15(13)19)12-16(20)17-9-7-14-5-3-2-4-6-14/h13-15,19H,2-12H2,1H3,(H,17,20). The summed E-state index contributed by atoms with van der Waals surface area (Å²) < 4.78 is 0. The number of amides is 1. The van der Waals surface area contributed by atoms with E-state index >= 15 is 0 Å². The maximum Gasteiger partial charge on any atom is 0.234 e. The molecule has 2 rings (SSSR count). The van der Waals surface area contributed by atoms with E-state index in [1.165, 1.54) is 32.1 Å². The number of hydrogen-bond donors (Lipinski definition) is 2. The predicted molar refractivity (Wildman–Crippen MR) is 80.4 cm³/mol. The summed E-state index contributed by atoms with van der Waals surface area (Å²) in [5, 5.41) is 12.9. The van der Waals surface area contributed by atoms with Gasteiger partial charge in [0.15, 0.2) is 0 Å². The zero-order chi connectivity index (χ0) is 14.4. The molecule has 2 unspecified atom stereocenters. The minimum atomic E-state index is -0.279. The molecular weight excluding hydrogens is 252 g/mol. The lowest BCUT2D eigenvalue weighted by atomic mass is 9.87. The summed E-state index contributed by atoms with van der Waals surface area (Å²) in [6.07, 6.45) is 8.63. The van der Waals surface area contributed by atoms with Crippen LogP contribution in [0.3, 0.4) is 0 Å². The van der Waals surface area contributed by atoms with Crippen LogP contribution in [0.15, 0.2) is 0 Å². The van der Waals surface area contributed by atoms with E-state index in [9.17, 15) is 9.90 Å². The lowest BCUT2D eigenvalue weighted by molar-refractivity contribution is -0.123. The van der Waals surface area contributed by atoms with E-state index in [0.29, 0.717) is 19.0 Å². The first-order valence-corrected chi connectivity index (χ1v) is 8.32. The number of hydrogen-bond acceptors (Lipinski definition) is 3. The molecule has 1 amide bonds. The van der Waals surface area contributed by atoms with E-state index in [1.807, 2.05) is 0 Å². The van der Waals surface area contributed by atoms with Gasteiger partial charge in [0.25, 0.3) is 0 Å². The Balaban J connectivity index is 1.58. The third-order valence-corrected chi connectivity index (χ3v) is 4.97. The highest BCUT2D eigenvalue weighted by molar-refractivity contribution is 5.77. The minimum absolute atomic E-state index is 0.113. The molecule has 0 aromatic carbocycles. The van der Waals surface area contributed by atoms with Gasteiger partial charge in [-0.2, -0.15) is 0 Å². The highest BCUT2D eigenvalue weighted by atomic mass is 16.3. The van der Waals surface area contributed by atoms with Crippen molar-refractivity contribution in [2.24, 2.45) is 11.8 Å². The molecule has 0 aromatic rings. The predicted octanol–water partition coefficient (Wildman–Crippen LogP) is 1.78. The summed E-state index contributed by atoms with van der Waals surface area (Å²) in [5.41, 5.74) is 0. The molecule has 1 saturated heterocycles. The molecule has 0 aromatic heterocycles. The Bertz CT molecular complexity index is 303. The smallest absolute Gasteiger partial charge is 0.234 e. The second kappa shape index (κ2) is 7.99. The zero-order valence-corrected chi connectivity index (χ0v) is 12.8. The SMILES string of the molecule is CC1CCN(CC(=O)NCCC2CCCCC2)CC1O. The van der Waals surface area contributed by atoms with Crippen LogP contribution in [-0.2, 0) is 4.79 Å². The molecule has 4 heteroatoms. The van der Waals surface area contributed by atoms with Crippen molar-refractivity contribution in [2.45, 2.75) is 58.0 Å². The van der Waals surface area contributed by atoms with Crippen molar-refractivity contribution in [1.82, 2.24) is 10.2 Å². The van der Waals surface area contributed by atoms with Gasteiger partial charge in [-0.15, -0.1) is 0 Å². The molecule has 4 nitrogen and oxygen atoms in total. The second-order valence-electron chi connectivity index (χ2n) is 6.71. The minimum Gasteiger partial charge on any atom is -0.392 e. The van der Waals surface area contributed by atoms with Crippen molar-refractivity contribution in [1.29, 1.82) is 0 Å². The molecule has 20 heavy (non-hydrogen) atoms. The Morgan fingerprint density at radius 2 is 2.00 bits per heavy atom. The Labute approximate surface area is 122 Å². The van der Waals surface area contributed by atoms with E-state index in [1.54, 1.807) is 0 Å². The van der Waals surface area contributed by atoms with E-state index < -0.39 is 0 Å². The number of rotatable bonds is 5. The normalized spacial score (nSPS) is 29.3. The first-order valence-electron chi connectivity index (χ1n) is 8.32. The monoisotopic (exact) mass is 282 g/mol. The van der Waals surface area contributed by atoms with Crippen molar-refractivity contribution in [3.63, 3.8) is 0 Å². The molecule has 1 saturated carbocycles. The van der Waals surface area contributed by atoms with Gasteiger partial charge in [-0.25, -0.2) is 0 Å². The van der Waals surface area contributed by atoms with Crippen LogP contribution in [0.5, 0.6) is 0 Å². The van der Waals surface area contributed by atoms with Crippen LogP contribution in [-0.4, -0.2) is 48.2 Å². The molecule has 1 aliphatic heterocycles. The molecule has 116 valence electrons. The van der Waals surface area contributed by atoms with Crippen LogP contribution in [0, 0.1) is 11.8 Å². The van der Waals surface area contributed by atoms with Gasteiger partial charge in [-0.05, 0) is 31.2 Å². The number of aliphatic hydroxyl groups excluding tert-OH is 1. The number of nitrogens with zero attached hydrogens (tertiary/aromatic N) is 1. The first kappa shape index (κ1) is 15.8. The second-order valence-corrected chi connectivity index (χ2v) is 6.71. The van der Waals surface area contributed by atoms with Gasteiger partial charge < -0.3 is 10.4 Å². The van der Waals surface area contributed by atoms with Crippen LogP contribution in [0.2, 0.25) is 0 Å². The van der Waals surface area contributed by atoms with Gasteiger partial charge in [0.05, 0.1) is 12.6 Å². The van der Waals surface area contributed by atoms with E-state index in [-0.39, 0.29) is 12.0 Å². The van der Waals surface area contributed by atoms with Crippen molar-refractivity contribution < 1.29 is 9.90 Å². The number of nitrogens with one attached hydrogen (secondary N) is 1. The van der Waals surface area contributed by atoms with E-state index in [0.717, 1.165) is 31.8 Å². The summed E-state index contributed by atoms with van der Waals surface area (Å²) in [4.78, 5) is 14.0. The maximum atomic E-state index is 11.9. The number of aliphatic hydroxyl groups is 1. The topological polar surface area (TPSA) is 52.6 Å². The lowest BCUT2D eigenvalue weighted by Gasteiger charge is -2.33. The molecule has 0 radical (unpaired) electrons. The van der Waals surface area contributed by atoms with Gasteiger partial charge in [-0.1, -0.05) is 39.0 Å². The number of likely N-dealkylation sites (tertiary alicyclic amines) is 1. The molecule has 2 atom stereocenters. The van der Waals surface area contributed by atoms with Crippen molar-refractivity contribution in [3.05, 3.63) is 0 Å². The Kier molecular flexibility index (Phi) is 6.30. The summed E-state index contributed by atoms with van der Waals surface area (Å²) in [6, 6.07) is 0. The summed E-state index contributed by atoms with van der Waals surface area (Å²) >= 11 is 0. The molecular formula is C16H30N2O2. The molecule has 2 N–H and O–H groups in total. The van der Waals surface area contributed by atoms with Gasteiger partial charge in [0, 0.05) is 13.1 Å². The molecule has 0 spiro atoms. The molecule has 1 aliphatic carbocycles. The van der Waals surface area contributed by atoms with Gasteiger partial charge >= 0.3 is 0 Å². The number of carbonyl (C=O) groups excluding carboxylic acids is 1. The zero-order valence-electron chi connectivity index (χ0n) is 12.8. The Morgan fingerprint density at radius 1 is 1.25 bits per heavy atom. The average Bonchev–Trinajstić information content (AvgIpc) is 2.44. The van der Waals surface area contributed by atoms with Crippen LogP contribution >= 0.6 is 0 Å². The fourth-order valence-corrected chi connectivity index (χ4v) is 3.41. The van der Waals surface area contributed by atoms with Crippen molar-refractivity contribution in [3.8, 4) is 0 Å². The molecule has 2 fully saturated rings. The number of β-amino-alcohol motifs (C(OH)–C–C–N with tert-alkyl or cyclic N) is 1. The average molecular weight is 282 g/mol.